The maximum atomic E-state index is 13.7. The van der Waals surface area contributed by atoms with Gasteiger partial charge in [0.05, 0.1) is 30.6 Å². The molecule has 10 heteroatoms. The largest absolute Gasteiger partial charge is 0.462 e. The number of nitrogens with zero attached hydrogens (tertiary/aromatic N) is 3. The van der Waals surface area contributed by atoms with Crippen molar-refractivity contribution in [3.05, 3.63) is 45.4 Å². The zero-order valence-electron chi connectivity index (χ0n) is 16.3. The van der Waals surface area contributed by atoms with E-state index >= 15 is 0 Å². The van der Waals surface area contributed by atoms with Crippen LogP contribution in [-0.4, -0.2) is 35.0 Å². The number of aliphatic imine (C=N–C) groups is 1. The van der Waals surface area contributed by atoms with Crippen molar-refractivity contribution in [2.45, 2.75) is 40.3 Å². The average molecular weight is 521 g/mol. The number of thiazole rings is 1. The second-order valence-corrected chi connectivity index (χ2v) is 6.71. The molecule has 2 aromatic heterocycles. The lowest BCUT2D eigenvalue weighted by molar-refractivity contribution is 0.0531. The topological polar surface area (TPSA) is 88.5 Å². The summed E-state index contributed by atoms with van der Waals surface area (Å²) >= 11 is 1.29. The van der Waals surface area contributed by atoms with E-state index in [0.717, 1.165) is 5.01 Å². The van der Waals surface area contributed by atoms with E-state index in [4.69, 9.17) is 4.74 Å². The van der Waals surface area contributed by atoms with Gasteiger partial charge in [0.1, 0.15) is 15.7 Å². The number of aryl methyl sites for hydroxylation is 1. The van der Waals surface area contributed by atoms with E-state index in [-0.39, 0.29) is 54.0 Å². The Morgan fingerprint density at radius 2 is 2.18 bits per heavy atom. The van der Waals surface area contributed by atoms with Gasteiger partial charge in [0.2, 0.25) is 0 Å². The molecule has 7 nitrogen and oxygen atoms in total. The monoisotopic (exact) mass is 521 g/mol. The number of guanidine groups is 1. The van der Waals surface area contributed by atoms with Gasteiger partial charge in [-0.2, -0.15) is 0 Å². The van der Waals surface area contributed by atoms with Crippen LogP contribution in [0.25, 0.3) is 0 Å². The van der Waals surface area contributed by atoms with Crippen molar-refractivity contribution in [2.75, 3.05) is 13.2 Å². The number of ether oxygens (including phenoxy) is 1. The van der Waals surface area contributed by atoms with Gasteiger partial charge in [-0.1, -0.05) is 0 Å². The van der Waals surface area contributed by atoms with E-state index in [2.05, 4.69) is 25.6 Å². The molecule has 0 aliphatic carbocycles. The molecule has 2 heterocycles. The second kappa shape index (κ2) is 11.9. The Bertz CT molecular complexity index is 815. The molecule has 0 spiro atoms. The number of halogens is 2. The summed E-state index contributed by atoms with van der Waals surface area (Å²) in [7, 11) is 0. The Labute approximate surface area is 185 Å². The van der Waals surface area contributed by atoms with Crippen molar-refractivity contribution in [1.29, 1.82) is 0 Å². The van der Waals surface area contributed by atoms with Crippen LogP contribution in [0, 0.1) is 12.7 Å². The lowest BCUT2D eigenvalue weighted by Crippen LogP contribution is -2.38. The molecule has 2 N–H and O–H groups in total. The summed E-state index contributed by atoms with van der Waals surface area (Å²) in [6.45, 7) is 8.48. The van der Waals surface area contributed by atoms with Gasteiger partial charge in [-0.15, -0.1) is 35.3 Å². The van der Waals surface area contributed by atoms with Crippen LogP contribution in [0.4, 0.5) is 4.39 Å². The molecule has 0 amide bonds. The molecule has 2 aromatic rings. The van der Waals surface area contributed by atoms with Crippen molar-refractivity contribution in [3.63, 3.8) is 0 Å². The maximum Gasteiger partial charge on any atom is 0.350 e. The highest BCUT2D eigenvalue weighted by atomic mass is 127. The zero-order chi connectivity index (χ0) is 19.8. The SMILES string of the molecule is CCNC(=NCc1ncccc1F)NC(C)c1nc(C)c(C(=O)OCC)s1.I. The van der Waals surface area contributed by atoms with E-state index in [1.807, 2.05) is 13.8 Å². The highest BCUT2D eigenvalue weighted by Gasteiger charge is 2.20. The molecule has 0 aliphatic rings. The minimum absolute atomic E-state index is 0. The Kier molecular flexibility index (Phi) is 10.3. The first-order chi connectivity index (χ1) is 13.0. The standard InChI is InChI=1S/C18H24FN5O2S.HI/c1-5-20-18(22-10-14-13(19)8-7-9-21-14)24-12(4)16-23-11(3)15(27-16)17(25)26-6-2;/h7-9,12H,5-6,10H2,1-4H3,(H2,20,22,24);1H. The summed E-state index contributed by atoms with van der Waals surface area (Å²) < 4.78 is 18.8. The summed E-state index contributed by atoms with van der Waals surface area (Å²) in [6, 6.07) is 2.71. The van der Waals surface area contributed by atoms with Crippen LogP contribution in [0.5, 0.6) is 0 Å². The summed E-state index contributed by atoms with van der Waals surface area (Å²) in [5, 5.41) is 7.07. The molecule has 0 aliphatic heterocycles. The molecule has 0 bridgehead atoms. The molecule has 0 saturated heterocycles. The molecule has 0 fully saturated rings. The summed E-state index contributed by atoms with van der Waals surface area (Å²) in [4.78, 5) is 25.3. The molecule has 0 aromatic carbocycles. The summed E-state index contributed by atoms with van der Waals surface area (Å²) in [5.74, 6) is -0.238. The fourth-order valence-electron chi connectivity index (χ4n) is 2.26. The third kappa shape index (κ3) is 6.66. The normalized spacial score (nSPS) is 12.1. The molecule has 28 heavy (non-hydrogen) atoms. The minimum Gasteiger partial charge on any atom is -0.462 e. The van der Waals surface area contributed by atoms with Gasteiger partial charge >= 0.3 is 5.97 Å². The smallest absolute Gasteiger partial charge is 0.350 e. The molecule has 0 radical (unpaired) electrons. The van der Waals surface area contributed by atoms with Gasteiger partial charge < -0.3 is 15.4 Å². The lowest BCUT2D eigenvalue weighted by Gasteiger charge is -2.16. The fraction of sp³-hybridized carbons (Fsp3) is 0.444. The van der Waals surface area contributed by atoms with Gasteiger partial charge in [0, 0.05) is 12.7 Å². The molecule has 154 valence electrons. The van der Waals surface area contributed by atoms with E-state index in [0.29, 0.717) is 29.7 Å². The summed E-state index contributed by atoms with van der Waals surface area (Å²) in [5.41, 5.74) is 0.914. The van der Waals surface area contributed by atoms with Gasteiger partial charge in [-0.25, -0.2) is 19.2 Å². The quantitative estimate of drug-likeness (QED) is 0.251. The van der Waals surface area contributed by atoms with Crippen LogP contribution in [0.15, 0.2) is 23.3 Å². The van der Waals surface area contributed by atoms with Crippen LogP contribution in [0.2, 0.25) is 0 Å². The Morgan fingerprint density at radius 3 is 2.82 bits per heavy atom. The molecule has 1 atom stereocenters. The first kappa shape index (κ1) is 24.2. The first-order valence-corrected chi connectivity index (χ1v) is 9.56. The van der Waals surface area contributed by atoms with Crippen LogP contribution < -0.4 is 10.6 Å². The minimum atomic E-state index is -0.389. The van der Waals surface area contributed by atoms with Crippen molar-refractivity contribution in [2.24, 2.45) is 4.99 Å². The first-order valence-electron chi connectivity index (χ1n) is 8.74. The third-order valence-electron chi connectivity index (χ3n) is 3.56. The highest BCUT2D eigenvalue weighted by Crippen LogP contribution is 2.24. The second-order valence-electron chi connectivity index (χ2n) is 5.68. The number of carbonyl (C=O) groups excluding carboxylic acids is 1. The number of pyridine rings is 1. The van der Waals surface area contributed by atoms with Crippen LogP contribution in [-0.2, 0) is 11.3 Å². The van der Waals surface area contributed by atoms with Crippen LogP contribution >= 0.6 is 35.3 Å². The molecule has 0 saturated carbocycles. The van der Waals surface area contributed by atoms with Gasteiger partial charge in [-0.05, 0) is 39.8 Å². The molecule has 2 rings (SSSR count). The number of hydrogen-bond acceptors (Lipinski definition) is 6. The van der Waals surface area contributed by atoms with E-state index < -0.39 is 0 Å². The number of hydrogen-bond donors (Lipinski definition) is 2. The zero-order valence-corrected chi connectivity index (χ0v) is 19.4. The van der Waals surface area contributed by atoms with Crippen LogP contribution in [0.1, 0.15) is 52.9 Å². The fourth-order valence-corrected chi connectivity index (χ4v) is 3.23. The Morgan fingerprint density at radius 1 is 1.43 bits per heavy atom. The third-order valence-corrected chi connectivity index (χ3v) is 4.88. The Hall–Kier alpha value is -1.82. The highest BCUT2D eigenvalue weighted by molar-refractivity contribution is 14.0. The predicted molar refractivity (Wildman–Crippen MR) is 119 cm³/mol. The molecular weight excluding hydrogens is 496 g/mol. The average Bonchev–Trinajstić information content (AvgIpc) is 3.03. The number of rotatable bonds is 7. The van der Waals surface area contributed by atoms with E-state index in [1.165, 1.54) is 23.6 Å². The van der Waals surface area contributed by atoms with Crippen molar-refractivity contribution in [1.82, 2.24) is 20.6 Å². The number of aromatic nitrogens is 2. The molecular formula is C18H25FIN5O2S. The van der Waals surface area contributed by atoms with Gasteiger partial charge in [0.15, 0.2) is 5.96 Å². The van der Waals surface area contributed by atoms with Crippen molar-refractivity contribution < 1.29 is 13.9 Å². The van der Waals surface area contributed by atoms with Crippen molar-refractivity contribution in [3.8, 4) is 0 Å². The lowest BCUT2D eigenvalue weighted by atomic mass is 10.3. The molecule has 1 unspecified atom stereocenters. The maximum absolute atomic E-state index is 13.7. The number of carbonyl (C=O) groups is 1. The predicted octanol–water partition coefficient (Wildman–Crippen LogP) is 3.60. The van der Waals surface area contributed by atoms with E-state index in [1.54, 1.807) is 19.9 Å². The number of esters is 1. The van der Waals surface area contributed by atoms with E-state index in [9.17, 15) is 9.18 Å². The van der Waals surface area contributed by atoms with Crippen molar-refractivity contribution >= 4 is 47.2 Å². The summed E-state index contributed by atoms with van der Waals surface area (Å²) in [6.07, 6.45) is 1.53. The van der Waals surface area contributed by atoms with Gasteiger partial charge in [0.25, 0.3) is 0 Å². The van der Waals surface area contributed by atoms with Crippen LogP contribution in [0.3, 0.4) is 0 Å². The number of nitrogens with one attached hydrogen (secondary N) is 2. The van der Waals surface area contributed by atoms with Gasteiger partial charge in [-0.3, -0.25) is 4.98 Å². The Balaban J connectivity index is 0.00000392.